The van der Waals surface area contributed by atoms with E-state index in [1.165, 1.54) is 0 Å². The molecule has 4 rings (SSSR count). The van der Waals surface area contributed by atoms with E-state index in [2.05, 4.69) is 0 Å². The van der Waals surface area contributed by atoms with Crippen molar-refractivity contribution < 1.29 is 42.1 Å². The zero-order valence-corrected chi connectivity index (χ0v) is 19.5. The molecule has 0 atom stereocenters. The lowest BCUT2D eigenvalue weighted by Gasteiger charge is -2.29. The summed E-state index contributed by atoms with van der Waals surface area (Å²) in [6, 6.07) is 15.1. The van der Waals surface area contributed by atoms with Crippen LogP contribution in [0.3, 0.4) is 0 Å². The second-order valence-corrected chi connectivity index (χ2v) is 8.69. The summed E-state index contributed by atoms with van der Waals surface area (Å²) in [5.41, 5.74) is -0.640. The molecule has 36 heavy (non-hydrogen) atoms. The minimum Gasteiger partial charge on any atom is -0.496 e. The summed E-state index contributed by atoms with van der Waals surface area (Å²) < 4.78 is 56.8. The molecule has 3 aromatic rings. The van der Waals surface area contributed by atoms with Gasteiger partial charge < -0.3 is 19.3 Å². The molecular weight excluding hydrogens is 477 g/mol. The number of ether oxygens (including phenoxy) is 3. The fourth-order valence-corrected chi connectivity index (χ4v) is 4.50. The van der Waals surface area contributed by atoms with Gasteiger partial charge in [0.25, 0.3) is 0 Å². The van der Waals surface area contributed by atoms with E-state index in [1.54, 1.807) is 0 Å². The number of alkyl halides is 3. The zero-order chi connectivity index (χ0) is 25.9. The van der Waals surface area contributed by atoms with Crippen LogP contribution >= 0.6 is 0 Å². The molecule has 0 amide bonds. The Bertz CT molecular complexity index is 1260. The number of methoxy groups -OCH3 is 1. The predicted molar refractivity (Wildman–Crippen MR) is 125 cm³/mol. The van der Waals surface area contributed by atoms with Gasteiger partial charge in [-0.1, -0.05) is 42.5 Å². The highest BCUT2D eigenvalue weighted by atomic mass is 19.4. The quantitative estimate of drug-likeness (QED) is 0.385. The molecule has 1 aliphatic rings. The van der Waals surface area contributed by atoms with Crippen LogP contribution in [0.25, 0.3) is 10.8 Å². The Balaban J connectivity index is 1.39. The first kappa shape index (κ1) is 25.3. The molecule has 0 spiro atoms. The molecule has 0 unspecified atom stereocenters. The number of rotatable bonds is 7. The Kier molecular flexibility index (Phi) is 7.37. The molecule has 3 aromatic carbocycles. The molecule has 1 N–H and O–H groups in total. The number of carbonyl (C=O) groups is 2. The largest absolute Gasteiger partial charge is 0.496 e. The molecule has 0 aromatic heterocycles. The summed E-state index contributed by atoms with van der Waals surface area (Å²) in [4.78, 5) is 24.1. The molecule has 1 aliphatic carbocycles. The van der Waals surface area contributed by atoms with E-state index in [4.69, 9.17) is 14.2 Å². The Morgan fingerprint density at radius 1 is 0.972 bits per heavy atom. The van der Waals surface area contributed by atoms with Crippen molar-refractivity contribution in [3.63, 3.8) is 0 Å². The molecule has 0 radical (unpaired) electrons. The third kappa shape index (κ3) is 5.56. The van der Waals surface area contributed by atoms with Crippen molar-refractivity contribution in [3.05, 3.63) is 71.3 Å². The molecule has 0 saturated heterocycles. The maximum atomic E-state index is 13.6. The molecular formula is C27H25F3O6. The molecule has 9 heteroatoms. The van der Waals surface area contributed by atoms with Crippen LogP contribution in [0, 0.1) is 5.92 Å². The third-order valence-electron chi connectivity index (χ3n) is 6.39. The van der Waals surface area contributed by atoms with Gasteiger partial charge in [-0.05, 0) is 54.2 Å². The molecule has 1 saturated carbocycles. The van der Waals surface area contributed by atoms with Crippen molar-refractivity contribution >= 4 is 22.7 Å². The van der Waals surface area contributed by atoms with Crippen LogP contribution < -0.4 is 9.47 Å². The lowest BCUT2D eigenvalue weighted by molar-refractivity contribution is -0.151. The van der Waals surface area contributed by atoms with Gasteiger partial charge in [0.15, 0.2) is 0 Å². The van der Waals surface area contributed by atoms with Crippen LogP contribution in [0.4, 0.5) is 13.2 Å². The average molecular weight is 502 g/mol. The molecule has 0 heterocycles. The second kappa shape index (κ2) is 10.5. The molecule has 6 nitrogen and oxygen atoms in total. The third-order valence-corrected chi connectivity index (χ3v) is 6.39. The number of aromatic carboxylic acids is 1. The number of carbonyl (C=O) groups excluding carboxylic acids is 1. The van der Waals surface area contributed by atoms with Gasteiger partial charge in [0.2, 0.25) is 0 Å². The zero-order valence-electron chi connectivity index (χ0n) is 19.5. The van der Waals surface area contributed by atoms with E-state index in [0.29, 0.717) is 31.7 Å². The van der Waals surface area contributed by atoms with Crippen LogP contribution in [0.2, 0.25) is 0 Å². The highest BCUT2D eigenvalue weighted by molar-refractivity contribution is 5.91. The predicted octanol–water partition coefficient (Wildman–Crippen LogP) is 6.25. The lowest BCUT2D eigenvalue weighted by atomic mass is 9.87. The monoisotopic (exact) mass is 502 g/mol. The van der Waals surface area contributed by atoms with Crippen LogP contribution in [-0.2, 0) is 22.3 Å². The highest BCUT2D eigenvalue weighted by Crippen LogP contribution is 2.41. The topological polar surface area (TPSA) is 82.1 Å². The summed E-state index contributed by atoms with van der Waals surface area (Å²) in [6.07, 6.45) is -3.91. The van der Waals surface area contributed by atoms with Gasteiger partial charge in [0.05, 0.1) is 19.1 Å². The maximum Gasteiger partial charge on any atom is 0.420 e. The number of halogens is 3. The molecule has 0 aliphatic heterocycles. The number of carboxylic acids is 1. The van der Waals surface area contributed by atoms with E-state index in [9.17, 15) is 27.9 Å². The van der Waals surface area contributed by atoms with E-state index >= 15 is 0 Å². The van der Waals surface area contributed by atoms with Crippen LogP contribution in [0.5, 0.6) is 11.5 Å². The Labute approximate surface area is 205 Å². The van der Waals surface area contributed by atoms with Gasteiger partial charge in [-0.3, -0.25) is 4.79 Å². The van der Waals surface area contributed by atoms with Gasteiger partial charge in [-0.25, -0.2) is 4.79 Å². The smallest absolute Gasteiger partial charge is 0.420 e. The van der Waals surface area contributed by atoms with E-state index < -0.39 is 40.9 Å². The standard InChI is InChI=1S/C27H25F3O6/c1-34-23-14-22(27(28,29)30)24(13-21(23)25(31)32)36-19-11-9-17(10-12-19)26(33)35-15-18-7-4-6-16-5-2-3-8-20(16)18/h2-8,13-14,17,19H,9-12,15H2,1H3,(H,31,32). The minimum absolute atomic E-state index is 0.134. The first-order valence-corrected chi connectivity index (χ1v) is 11.5. The van der Waals surface area contributed by atoms with Gasteiger partial charge in [-0.2, -0.15) is 13.2 Å². The van der Waals surface area contributed by atoms with Gasteiger partial charge in [0, 0.05) is 0 Å². The van der Waals surface area contributed by atoms with Crippen molar-refractivity contribution in [2.24, 2.45) is 5.92 Å². The summed E-state index contributed by atoms with van der Waals surface area (Å²) in [5.74, 6) is -3.13. The highest BCUT2D eigenvalue weighted by Gasteiger charge is 2.38. The fourth-order valence-electron chi connectivity index (χ4n) is 4.50. The van der Waals surface area contributed by atoms with E-state index in [0.717, 1.165) is 29.5 Å². The van der Waals surface area contributed by atoms with Crippen LogP contribution in [-0.4, -0.2) is 30.3 Å². The van der Waals surface area contributed by atoms with E-state index in [1.807, 2.05) is 42.5 Å². The fraction of sp³-hybridized carbons (Fsp3) is 0.333. The lowest BCUT2D eigenvalue weighted by Crippen LogP contribution is -2.29. The number of carboxylic acid groups (broad SMARTS) is 1. The SMILES string of the molecule is COc1cc(C(F)(F)F)c(OC2CCC(C(=O)OCc3cccc4ccccc34)CC2)cc1C(=O)O. The van der Waals surface area contributed by atoms with Gasteiger partial charge >= 0.3 is 18.1 Å². The van der Waals surface area contributed by atoms with Crippen molar-refractivity contribution in [3.8, 4) is 11.5 Å². The first-order valence-electron chi connectivity index (χ1n) is 11.5. The van der Waals surface area contributed by atoms with Gasteiger partial charge in [0.1, 0.15) is 29.2 Å². The molecule has 0 bridgehead atoms. The van der Waals surface area contributed by atoms with Crippen molar-refractivity contribution in [2.45, 2.75) is 44.6 Å². The van der Waals surface area contributed by atoms with Crippen LogP contribution in [0.1, 0.15) is 47.2 Å². The van der Waals surface area contributed by atoms with Crippen LogP contribution in [0.15, 0.2) is 54.6 Å². The van der Waals surface area contributed by atoms with Crippen molar-refractivity contribution in [2.75, 3.05) is 7.11 Å². The summed E-state index contributed by atoms with van der Waals surface area (Å²) >= 11 is 0. The number of hydrogen-bond donors (Lipinski definition) is 1. The number of esters is 1. The first-order chi connectivity index (χ1) is 17.2. The second-order valence-electron chi connectivity index (χ2n) is 8.69. The average Bonchev–Trinajstić information content (AvgIpc) is 2.86. The summed E-state index contributed by atoms with van der Waals surface area (Å²) in [6.45, 7) is 0.134. The number of hydrogen-bond acceptors (Lipinski definition) is 5. The Morgan fingerprint density at radius 3 is 2.33 bits per heavy atom. The van der Waals surface area contributed by atoms with Gasteiger partial charge in [-0.15, -0.1) is 0 Å². The van der Waals surface area contributed by atoms with Crippen molar-refractivity contribution in [1.82, 2.24) is 0 Å². The van der Waals surface area contributed by atoms with Crippen molar-refractivity contribution in [1.29, 1.82) is 0 Å². The molecule has 190 valence electrons. The number of benzene rings is 3. The van der Waals surface area contributed by atoms with E-state index in [-0.39, 0.29) is 18.5 Å². The molecule has 1 fully saturated rings. The summed E-state index contributed by atoms with van der Waals surface area (Å²) in [5, 5.41) is 11.4. The normalized spacial score (nSPS) is 18.0. The minimum atomic E-state index is -4.76. The maximum absolute atomic E-state index is 13.6. The Morgan fingerprint density at radius 2 is 1.67 bits per heavy atom. The Hall–Kier alpha value is -3.75. The summed E-state index contributed by atoms with van der Waals surface area (Å²) in [7, 11) is 1.10. The number of fused-ring (bicyclic) bond motifs is 1.